The van der Waals surface area contributed by atoms with Crippen LogP contribution in [0.2, 0.25) is 0 Å². The van der Waals surface area contributed by atoms with Crippen molar-refractivity contribution in [3.05, 3.63) is 53.6 Å². The van der Waals surface area contributed by atoms with Crippen LogP contribution in [0.25, 0.3) is 0 Å². The lowest BCUT2D eigenvalue weighted by atomic mass is 9.83. The summed E-state index contributed by atoms with van der Waals surface area (Å²) in [7, 11) is 0. The number of carbonyl (C=O) groups is 1. The van der Waals surface area contributed by atoms with Crippen molar-refractivity contribution in [2.45, 2.75) is 32.7 Å². The predicted octanol–water partition coefficient (Wildman–Crippen LogP) is 2.86. The van der Waals surface area contributed by atoms with Gasteiger partial charge in [0.05, 0.1) is 18.5 Å². The van der Waals surface area contributed by atoms with E-state index in [0.717, 1.165) is 25.8 Å². The Kier molecular flexibility index (Phi) is 4.04. The third-order valence-electron chi connectivity index (χ3n) is 4.08. The van der Waals surface area contributed by atoms with Crippen molar-refractivity contribution in [1.82, 2.24) is 9.55 Å². The van der Waals surface area contributed by atoms with E-state index in [0.29, 0.717) is 18.1 Å². The number of nitrogens with zero attached hydrogens (tertiary/aromatic N) is 2. The first-order chi connectivity index (χ1) is 10.3. The van der Waals surface area contributed by atoms with Crippen LogP contribution in [-0.4, -0.2) is 22.1 Å². The van der Waals surface area contributed by atoms with Crippen LogP contribution in [0.5, 0.6) is 0 Å². The number of carbonyl (C=O) groups excluding carboxylic acids is 1. The van der Waals surface area contributed by atoms with Crippen molar-refractivity contribution in [1.29, 1.82) is 0 Å². The molecule has 1 heterocycles. The lowest BCUT2D eigenvalue weighted by molar-refractivity contribution is 0.0526. The van der Waals surface area contributed by atoms with Crippen LogP contribution in [0.15, 0.2) is 36.9 Å². The molecule has 21 heavy (non-hydrogen) atoms. The van der Waals surface area contributed by atoms with Crippen LogP contribution in [0.4, 0.5) is 0 Å². The molecule has 0 radical (unpaired) electrons. The van der Waals surface area contributed by atoms with Gasteiger partial charge < -0.3 is 9.30 Å². The SMILES string of the molecule is CCOC(=O)c1ccc2c(c1)CCC(Cn1ccnc1)C2. The van der Waals surface area contributed by atoms with Gasteiger partial charge >= 0.3 is 5.97 Å². The van der Waals surface area contributed by atoms with Gasteiger partial charge in [-0.15, -0.1) is 0 Å². The van der Waals surface area contributed by atoms with Crippen molar-refractivity contribution in [2.75, 3.05) is 6.61 Å². The minimum atomic E-state index is -0.221. The highest BCUT2D eigenvalue weighted by molar-refractivity contribution is 5.89. The third kappa shape index (κ3) is 3.15. The molecule has 3 rings (SSSR count). The molecule has 4 nitrogen and oxygen atoms in total. The van der Waals surface area contributed by atoms with E-state index in [1.807, 2.05) is 37.8 Å². The molecule has 0 bridgehead atoms. The Labute approximate surface area is 124 Å². The molecule has 0 saturated carbocycles. The summed E-state index contributed by atoms with van der Waals surface area (Å²) < 4.78 is 7.20. The molecule has 1 atom stereocenters. The average Bonchev–Trinajstić information content (AvgIpc) is 3.00. The van der Waals surface area contributed by atoms with E-state index in [9.17, 15) is 4.79 Å². The smallest absolute Gasteiger partial charge is 0.338 e. The van der Waals surface area contributed by atoms with E-state index in [2.05, 4.69) is 15.6 Å². The monoisotopic (exact) mass is 284 g/mol. The molecule has 0 spiro atoms. The largest absolute Gasteiger partial charge is 0.462 e. The van der Waals surface area contributed by atoms with Crippen molar-refractivity contribution < 1.29 is 9.53 Å². The van der Waals surface area contributed by atoms with Gasteiger partial charge in [-0.1, -0.05) is 6.07 Å². The van der Waals surface area contributed by atoms with E-state index >= 15 is 0 Å². The number of rotatable bonds is 4. The minimum absolute atomic E-state index is 0.221. The Morgan fingerprint density at radius 1 is 1.43 bits per heavy atom. The van der Waals surface area contributed by atoms with Crippen LogP contribution in [-0.2, 0) is 24.1 Å². The summed E-state index contributed by atoms with van der Waals surface area (Å²) in [4.78, 5) is 15.9. The molecule has 0 fully saturated rings. The molecule has 1 unspecified atom stereocenters. The summed E-state index contributed by atoms with van der Waals surface area (Å²) in [6.45, 7) is 3.26. The van der Waals surface area contributed by atoms with Crippen molar-refractivity contribution in [3.63, 3.8) is 0 Å². The van der Waals surface area contributed by atoms with Gasteiger partial charge in [0.25, 0.3) is 0 Å². The lowest BCUT2D eigenvalue weighted by Crippen LogP contribution is -2.19. The zero-order chi connectivity index (χ0) is 14.7. The van der Waals surface area contributed by atoms with E-state index < -0.39 is 0 Å². The number of fused-ring (bicyclic) bond motifs is 1. The van der Waals surface area contributed by atoms with Crippen LogP contribution in [0.1, 0.15) is 34.8 Å². The Bertz CT molecular complexity index is 620. The maximum Gasteiger partial charge on any atom is 0.338 e. The van der Waals surface area contributed by atoms with Gasteiger partial charge in [0.15, 0.2) is 0 Å². The number of aromatic nitrogens is 2. The number of imidazole rings is 1. The second-order valence-electron chi connectivity index (χ2n) is 5.57. The van der Waals surface area contributed by atoms with Crippen molar-refractivity contribution in [3.8, 4) is 0 Å². The standard InChI is InChI=1S/C17H20N2O2/c1-2-21-17(20)16-6-5-14-9-13(3-4-15(14)10-16)11-19-8-7-18-12-19/h5-8,10,12-13H,2-4,9,11H2,1H3. The summed E-state index contributed by atoms with van der Waals surface area (Å²) in [5.41, 5.74) is 3.32. The first-order valence-corrected chi connectivity index (χ1v) is 7.51. The van der Waals surface area contributed by atoms with Gasteiger partial charge in [0.2, 0.25) is 0 Å². The summed E-state index contributed by atoms with van der Waals surface area (Å²) in [5, 5.41) is 0. The summed E-state index contributed by atoms with van der Waals surface area (Å²) in [6.07, 6.45) is 8.96. The second kappa shape index (κ2) is 6.12. The highest BCUT2D eigenvalue weighted by Gasteiger charge is 2.20. The zero-order valence-corrected chi connectivity index (χ0v) is 12.3. The fraction of sp³-hybridized carbons (Fsp3) is 0.412. The molecular formula is C17H20N2O2. The maximum absolute atomic E-state index is 11.8. The van der Waals surface area contributed by atoms with Gasteiger partial charge in [-0.05, 0) is 55.4 Å². The van der Waals surface area contributed by atoms with E-state index in [1.54, 1.807) is 0 Å². The topological polar surface area (TPSA) is 44.1 Å². The Morgan fingerprint density at radius 2 is 2.33 bits per heavy atom. The zero-order valence-electron chi connectivity index (χ0n) is 12.3. The average molecular weight is 284 g/mol. The van der Waals surface area contributed by atoms with E-state index in [-0.39, 0.29) is 5.97 Å². The summed E-state index contributed by atoms with van der Waals surface area (Å²) in [6, 6.07) is 5.97. The fourth-order valence-corrected chi connectivity index (χ4v) is 3.02. The number of hydrogen-bond donors (Lipinski definition) is 0. The molecule has 0 amide bonds. The Balaban J connectivity index is 1.71. The Hall–Kier alpha value is -2.10. The molecular weight excluding hydrogens is 264 g/mol. The number of benzene rings is 1. The first kappa shape index (κ1) is 13.9. The molecule has 1 aromatic heterocycles. The van der Waals surface area contributed by atoms with Crippen LogP contribution < -0.4 is 0 Å². The molecule has 1 aliphatic carbocycles. The normalized spacial score (nSPS) is 17.3. The van der Waals surface area contributed by atoms with Crippen molar-refractivity contribution in [2.24, 2.45) is 5.92 Å². The molecule has 4 heteroatoms. The fourth-order valence-electron chi connectivity index (χ4n) is 3.02. The molecule has 2 aromatic rings. The molecule has 0 saturated heterocycles. The van der Waals surface area contributed by atoms with E-state index in [4.69, 9.17) is 4.74 Å². The summed E-state index contributed by atoms with van der Waals surface area (Å²) in [5.74, 6) is 0.418. The highest BCUT2D eigenvalue weighted by atomic mass is 16.5. The number of esters is 1. The number of hydrogen-bond acceptors (Lipinski definition) is 3. The van der Waals surface area contributed by atoms with Crippen LogP contribution in [0, 0.1) is 5.92 Å². The van der Waals surface area contributed by atoms with Crippen LogP contribution >= 0.6 is 0 Å². The van der Waals surface area contributed by atoms with Crippen LogP contribution in [0.3, 0.4) is 0 Å². The molecule has 0 N–H and O–H groups in total. The van der Waals surface area contributed by atoms with Gasteiger partial charge in [0.1, 0.15) is 0 Å². The lowest BCUT2D eigenvalue weighted by Gasteiger charge is -2.25. The van der Waals surface area contributed by atoms with Gasteiger partial charge in [-0.25, -0.2) is 9.78 Å². The van der Waals surface area contributed by atoms with Crippen molar-refractivity contribution >= 4 is 5.97 Å². The molecule has 0 aliphatic heterocycles. The number of ether oxygens (including phenoxy) is 1. The van der Waals surface area contributed by atoms with Gasteiger partial charge in [-0.2, -0.15) is 0 Å². The molecule has 110 valence electrons. The Morgan fingerprint density at radius 3 is 3.10 bits per heavy atom. The van der Waals surface area contributed by atoms with E-state index in [1.165, 1.54) is 11.1 Å². The van der Waals surface area contributed by atoms with Gasteiger partial charge in [-0.3, -0.25) is 0 Å². The summed E-state index contributed by atoms with van der Waals surface area (Å²) >= 11 is 0. The predicted molar refractivity (Wildman–Crippen MR) is 80.1 cm³/mol. The van der Waals surface area contributed by atoms with Gasteiger partial charge in [0, 0.05) is 18.9 Å². The second-order valence-corrected chi connectivity index (χ2v) is 5.57. The first-order valence-electron chi connectivity index (χ1n) is 7.51. The number of aryl methyl sites for hydroxylation is 1. The quantitative estimate of drug-likeness (QED) is 0.811. The minimum Gasteiger partial charge on any atom is -0.462 e. The molecule has 1 aliphatic rings. The highest BCUT2D eigenvalue weighted by Crippen LogP contribution is 2.27. The maximum atomic E-state index is 11.8. The molecule has 1 aromatic carbocycles. The third-order valence-corrected chi connectivity index (χ3v) is 4.08.